The van der Waals surface area contributed by atoms with Gasteiger partial charge in [0.1, 0.15) is 11.5 Å². The van der Waals surface area contributed by atoms with E-state index >= 15 is 0 Å². The predicted octanol–water partition coefficient (Wildman–Crippen LogP) is 5.25. The smallest absolute Gasteiger partial charge is 0.138 e. The summed E-state index contributed by atoms with van der Waals surface area (Å²) in [6, 6.07) is 5.64. The molecule has 1 aliphatic heterocycles. The van der Waals surface area contributed by atoms with E-state index < -0.39 is 0 Å². The Morgan fingerprint density at radius 2 is 2.17 bits per heavy atom. The summed E-state index contributed by atoms with van der Waals surface area (Å²) in [5.41, 5.74) is 1.92. The maximum absolute atomic E-state index is 9.55. The number of anilines is 1. The zero-order chi connectivity index (χ0) is 18.1. The van der Waals surface area contributed by atoms with Gasteiger partial charge in [-0.3, -0.25) is 0 Å². The first-order valence-corrected chi connectivity index (χ1v) is 8.77. The topological polar surface area (TPSA) is 32.7 Å². The fourth-order valence-corrected chi connectivity index (χ4v) is 2.70. The molecule has 1 unspecified atom stereocenters. The molecule has 1 saturated heterocycles. The first kappa shape index (κ1) is 20.3. The molecule has 24 heavy (non-hydrogen) atoms. The Balaban J connectivity index is 0.00000139. The molecule has 1 aliphatic rings. The van der Waals surface area contributed by atoms with Crippen molar-refractivity contribution in [2.24, 2.45) is 5.92 Å². The first-order chi connectivity index (χ1) is 11.5. The number of hydrogen-bond donors (Lipinski definition) is 1. The number of allylic oxidation sites excluding steroid dienone is 3. The van der Waals surface area contributed by atoms with Crippen LogP contribution in [0.5, 0.6) is 5.75 Å². The van der Waals surface area contributed by atoms with Crippen LogP contribution in [0, 0.1) is 5.92 Å². The van der Waals surface area contributed by atoms with E-state index in [-0.39, 0.29) is 6.61 Å². The van der Waals surface area contributed by atoms with Crippen LogP contribution in [0.1, 0.15) is 32.8 Å². The predicted molar refractivity (Wildman–Crippen MR) is 104 cm³/mol. The van der Waals surface area contributed by atoms with E-state index in [4.69, 9.17) is 16.3 Å². The van der Waals surface area contributed by atoms with Crippen LogP contribution in [0.15, 0.2) is 54.3 Å². The normalized spacial score (nSPS) is 17.1. The Hall–Kier alpha value is -1.71. The molecule has 0 spiro atoms. The van der Waals surface area contributed by atoms with Crippen LogP contribution in [-0.4, -0.2) is 18.2 Å². The highest BCUT2D eigenvalue weighted by Gasteiger charge is 2.21. The summed E-state index contributed by atoms with van der Waals surface area (Å²) in [5.74, 6) is 1.70. The van der Waals surface area contributed by atoms with Crippen molar-refractivity contribution in [3.63, 3.8) is 0 Å². The third kappa shape index (κ3) is 5.43. The quantitative estimate of drug-likeness (QED) is 0.562. The average molecular weight is 350 g/mol. The molecule has 1 atom stereocenters. The van der Waals surface area contributed by atoms with E-state index in [1.165, 1.54) is 0 Å². The van der Waals surface area contributed by atoms with Crippen LogP contribution in [0.25, 0.3) is 0 Å². The number of ether oxygens (including phenoxy) is 1. The SMILES string of the molecule is C=C/C=C(/Cl)C(=C)Oc1ccc(CO)c(N2CCC(C)C2)c1.CC. The number of rotatable bonds is 6. The Kier molecular flexibility index (Phi) is 8.66. The summed E-state index contributed by atoms with van der Waals surface area (Å²) in [7, 11) is 0. The van der Waals surface area contributed by atoms with Crippen LogP contribution in [0.2, 0.25) is 0 Å². The molecule has 1 aromatic carbocycles. The minimum absolute atomic E-state index is 0.0125. The molecular formula is C20H28ClNO2. The Labute approximate surface area is 150 Å². The molecule has 2 rings (SSSR count). The highest BCUT2D eigenvalue weighted by molar-refractivity contribution is 6.31. The van der Waals surface area contributed by atoms with Crippen molar-refractivity contribution in [1.29, 1.82) is 0 Å². The van der Waals surface area contributed by atoms with Gasteiger partial charge in [0.15, 0.2) is 0 Å². The summed E-state index contributed by atoms with van der Waals surface area (Å²) >= 11 is 6.04. The van der Waals surface area contributed by atoms with Crippen LogP contribution >= 0.6 is 11.6 Å². The molecule has 1 fully saturated rings. The van der Waals surface area contributed by atoms with Gasteiger partial charge in [0.2, 0.25) is 0 Å². The van der Waals surface area contributed by atoms with Gasteiger partial charge < -0.3 is 14.7 Å². The van der Waals surface area contributed by atoms with Crippen molar-refractivity contribution in [2.45, 2.75) is 33.8 Å². The Bertz CT molecular complexity index is 595. The van der Waals surface area contributed by atoms with Gasteiger partial charge in [0.05, 0.1) is 11.6 Å². The maximum atomic E-state index is 9.55. The van der Waals surface area contributed by atoms with E-state index in [1.807, 2.05) is 32.0 Å². The van der Waals surface area contributed by atoms with E-state index in [2.05, 4.69) is 25.0 Å². The summed E-state index contributed by atoms with van der Waals surface area (Å²) < 4.78 is 5.70. The number of aliphatic hydroxyl groups excluding tert-OH is 1. The summed E-state index contributed by atoms with van der Waals surface area (Å²) in [6.07, 6.45) is 4.38. The molecule has 0 radical (unpaired) electrons. The summed E-state index contributed by atoms with van der Waals surface area (Å²) in [4.78, 5) is 2.28. The second kappa shape index (κ2) is 10.2. The molecule has 0 aromatic heterocycles. The molecule has 0 bridgehead atoms. The van der Waals surface area contributed by atoms with E-state index in [0.29, 0.717) is 22.5 Å². The number of halogens is 1. The third-order valence-electron chi connectivity index (χ3n) is 3.76. The van der Waals surface area contributed by atoms with Gasteiger partial charge in [-0.1, -0.05) is 57.7 Å². The van der Waals surface area contributed by atoms with E-state index in [0.717, 1.165) is 30.8 Å². The van der Waals surface area contributed by atoms with Crippen molar-refractivity contribution in [3.8, 4) is 5.75 Å². The highest BCUT2D eigenvalue weighted by atomic mass is 35.5. The number of hydrogen-bond acceptors (Lipinski definition) is 3. The molecule has 0 saturated carbocycles. The lowest BCUT2D eigenvalue weighted by Crippen LogP contribution is -2.20. The number of aliphatic hydroxyl groups is 1. The standard InChI is InChI=1S/C18H22ClNO2.C2H6/c1-4-5-17(19)14(3)22-16-7-6-15(12-21)18(10-16)20-9-8-13(2)11-20;1-2/h4-7,10,13,21H,1,3,8-9,11-12H2,2H3;1-2H3/b17-5+;. The monoisotopic (exact) mass is 349 g/mol. The second-order valence-corrected chi connectivity index (χ2v) is 5.97. The van der Waals surface area contributed by atoms with Crippen LogP contribution < -0.4 is 9.64 Å². The Morgan fingerprint density at radius 3 is 2.71 bits per heavy atom. The molecule has 1 aromatic rings. The highest BCUT2D eigenvalue weighted by Crippen LogP contribution is 2.32. The molecular weight excluding hydrogens is 322 g/mol. The molecule has 0 amide bonds. The van der Waals surface area contributed by atoms with Crippen molar-refractivity contribution >= 4 is 17.3 Å². The van der Waals surface area contributed by atoms with Crippen LogP contribution in [-0.2, 0) is 6.61 Å². The fourth-order valence-electron chi connectivity index (χ4n) is 2.58. The van der Waals surface area contributed by atoms with E-state index in [9.17, 15) is 5.11 Å². The van der Waals surface area contributed by atoms with Crippen molar-refractivity contribution in [1.82, 2.24) is 0 Å². The lowest BCUT2D eigenvalue weighted by Gasteiger charge is -2.22. The lowest BCUT2D eigenvalue weighted by atomic mass is 10.1. The lowest BCUT2D eigenvalue weighted by molar-refractivity contribution is 0.282. The molecule has 4 heteroatoms. The van der Waals surface area contributed by atoms with Gasteiger partial charge in [-0.05, 0) is 24.5 Å². The fraction of sp³-hybridized carbons (Fsp3) is 0.400. The van der Waals surface area contributed by atoms with Gasteiger partial charge >= 0.3 is 0 Å². The zero-order valence-electron chi connectivity index (χ0n) is 14.9. The van der Waals surface area contributed by atoms with Crippen molar-refractivity contribution in [3.05, 3.63) is 59.9 Å². The molecule has 1 N–H and O–H groups in total. The van der Waals surface area contributed by atoms with Crippen molar-refractivity contribution in [2.75, 3.05) is 18.0 Å². The zero-order valence-corrected chi connectivity index (χ0v) is 15.6. The largest absolute Gasteiger partial charge is 0.456 e. The molecule has 132 valence electrons. The summed E-state index contributed by atoms with van der Waals surface area (Å²) in [6.45, 7) is 15.7. The van der Waals surface area contributed by atoms with Crippen molar-refractivity contribution < 1.29 is 9.84 Å². The molecule has 1 heterocycles. The first-order valence-electron chi connectivity index (χ1n) is 8.39. The summed E-state index contributed by atoms with van der Waals surface area (Å²) in [5, 5.41) is 9.96. The van der Waals surface area contributed by atoms with E-state index in [1.54, 1.807) is 12.2 Å². The minimum atomic E-state index is 0.0125. The minimum Gasteiger partial charge on any atom is -0.456 e. The van der Waals surface area contributed by atoms with Gasteiger partial charge in [-0.15, -0.1) is 0 Å². The number of benzene rings is 1. The average Bonchev–Trinajstić information content (AvgIpc) is 3.03. The third-order valence-corrected chi connectivity index (χ3v) is 4.10. The number of nitrogens with zero attached hydrogens (tertiary/aromatic N) is 1. The maximum Gasteiger partial charge on any atom is 0.138 e. The molecule has 0 aliphatic carbocycles. The van der Waals surface area contributed by atoms with Gasteiger partial charge in [0, 0.05) is 30.4 Å². The van der Waals surface area contributed by atoms with Gasteiger partial charge in [-0.2, -0.15) is 0 Å². The van der Waals surface area contributed by atoms with Gasteiger partial charge in [0.25, 0.3) is 0 Å². The van der Waals surface area contributed by atoms with Crippen LogP contribution in [0.4, 0.5) is 5.69 Å². The second-order valence-electron chi connectivity index (χ2n) is 5.56. The van der Waals surface area contributed by atoms with Gasteiger partial charge in [-0.25, -0.2) is 0 Å². The van der Waals surface area contributed by atoms with Crippen LogP contribution in [0.3, 0.4) is 0 Å². The molecule has 3 nitrogen and oxygen atoms in total. The Morgan fingerprint density at radius 1 is 1.46 bits per heavy atom.